The van der Waals surface area contributed by atoms with Gasteiger partial charge in [0, 0.05) is 30.9 Å². The number of hydrogen-bond acceptors (Lipinski definition) is 13. The lowest BCUT2D eigenvalue weighted by molar-refractivity contribution is -0.339. The molecule has 50 heavy (non-hydrogen) atoms. The van der Waals surface area contributed by atoms with Gasteiger partial charge in [0.15, 0.2) is 40.4 Å². The number of phenolic OH excluding ortho intramolecular Hbond substituents is 4. The summed E-state index contributed by atoms with van der Waals surface area (Å²) in [5.41, 5.74) is -6.10. The molecule has 0 aromatic heterocycles. The fourth-order valence-corrected chi connectivity index (χ4v) is 6.62. The molecule has 3 aromatic rings. The first-order chi connectivity index (χ1) is 23.7. The highest BCUT2D eigenvalue weighted by atomic mass is 16.6. The SMILES string of the molecule is CN[C@]1(O)CCO[C@H]2C[C@](O)(C(=O)O)[C@H](Cc3ccccc3)[C@@H](OC(=O)C=Cc3ccc(O)c(O)c3)[C@@]21OC(=O)C=Cc1ccc(O)c(O)c1. The smallest absolute Gasteiger partial charge is 0.336 e. The van der Waals surface area contributed by atoms with Gasteiger partial charge in [0.25, 0.3) is 0 Å². The van der Waals surface area contributed by atoms with Gasteiger partial charge < -0.3 is 50.0 Å². The number of carbonyl (C=O) groups excluding carboxylic acids is 2. The largest absolute Gasteiger partial charge is 0.504 e. The van der Waals surface area contributed by atoms with E-state index in [1.807, 2.05) is 0 Å². The Morgan fingerprint density at radius 2 is 1.44 bits per heavy atom. The van der Waals surface area contributed by atoms with Crippen molar-refractivity contribution in [2.45, 2.75) is 48.4 Å². The molecule has 1 aliphatic heterocycles. The van der Waals surface area contributed by atoms with Gasteiger partial charge in [0.05, 0.1) is 6.61 Å². The van der Waals surface area contributed by atoms with Crippen molar-refractivity contribution in [2.24, 2.45) is 5.92 Å². The molecule has 0 radical (unpaired) electrons. The van der Waals surface area contributed by atoms with Crippen molar-refractivity contribution < 1.29 is 64.3 Å². The van der Waals surface area contributed by atoms with E-state index in [0.29, 0.717) is 5.56 Å². The summed E-state index contributed by atoms with van der Waals surface area (Å²) in [6.45, 7) is -0.159. The zero-order valence-corrected chi connectivity index (χ0v) is 26.8. The van der Waals surface area contributed by atoms with Crippen LogP contribution < -0.4 is 5.32 Å². The van der Waals surface area contributed by atoms with Gasteiger partial charge in [-0.1, -0.05) is 42.5 Å². The van der Waals surface area contributed by atoms with Gasteiger partial charge >= 0.3 is 17.9 Å². The number of benzene rings is 3. The average molecular weight is 692 g/mol. The standard InChI is InChI=1S/C36H37NO13/c1-37-35(47)15-16-48-29-20-34(46,33(44)45)24(17-21-5-3-2-4-6-21)32(49-30(42)13-9-22-7-11-25(38)27(40)18-22)36(29,35)50-31(43)14-10-23-8-12-26(39)28(41)19-23/h2-14,18-19,24,29,32,37-41,46-47H,15-17,20H2,1H3,(H,44,45)/t24-,29+,32-,34-,35+,36+/m1/s1. The highest BCUT2D eigenvalue weighted by Crippen LogP contribution is 2.53. The van der Waals surface area contributed by atoms with Crippen LogP contribution in [0, 0.1) is 5.92 Å². The minimum atomic E-state index is -2.63. The van der Waals surface area contributed by atoms with E-state index in [1.165, 1.54) is 55.6 Å². The molecule has 1 saturated heterocycles. The number of carboxylic acids is 1. The molecule has 264 valence electrons. The van der Waals surface area contributed by atoms with Crippen LogP contribution in [-0.4, -0.2) is 96.4 Å². The average Bonchev–Trinajstić information content (AvgIpc) is 3.08. The topological polar surface area (TPSA) is 233 Å². The highest BCUT2D eigenvalue weighted by Gasteiger charge is 2.75. The van der Waals surface area contributed by atoms with Crippen LogP contribution in [0.2, 0.25) is 0 Å². The number of esters is 2. The number of ether oxygens (including phenoxy) is 3. The summed E-state index contributed by atoms with van der Waals surface area (Å²) < 4.78 is 18.0. The molecule has 1 saturated carbocycles. The first kappa shape index (κ1) is 35.9. The van der Waals surface area contributed by atoms with Crippen molar-refractivity contribution in [3.8, 4) is 23.0 Å². The molecule has 0 amide bonds. The molecule has 5 rings (SSSR count). The summed E-state index contributed by atoms with van der Waals surface area (Å²) in [6.07, 6.45) is -0.115. The third-order valence-electron chi connectivity index (χ3n) is 9.22. The second-order valence-electron chi connectivity index (χ2n) is 12.2. The number of fused-ring (bicyclic) bond motifs is 1. The zero-order chi connectivity index (χ0) is 36.3. The van der Waals surface area contributed by atoms with Crippen molar-refractivity contribution >= 4 is 30.1 Å². The van der Waals surface area contributed by atoms with Crippen molar-refractivity contribution in [1.82, 2.24) is 5.32 Å². The Hall–Kier alpha value is -5.41. The summed E-state index contributed by atoms with van der Waals surface area (Å²) >= 11 is 0. The lowest BCUT2D eigenvalue weighted by Crippen LogP contribution is -2.83. The zero-order valence-electron chi connectivity index (χ0n) is 26.8. The molecule has 2 aliphatic rings. The van der Waals surface area contributed by atoms with Gasteiger partial charge in [-0.3, -0.25) is 5.32 Å². The Morgan fingerprint density at radius 3 is 1.98 bits per heavy atom. The number of likely N-dealkylation sites (N-methyl/N-ethyl adjacent to an activating group) is 1. The summed E-state index contributed by atoms with van der Waals surface area (Å²) in [5, 5.41) is 76.4. The number of aliphatic carboxylic acids is 1. The van der Waals surface area contributed by atoms with Gasteiger partial charge in [-0.2, -0.15) is 0 Å². The molecule has 14 nitrogen and oxygen atoms in total. The summed E-state index contributed by atoms with van der Waals surface area (Å²) in [5.74, 6) is -7.06. The molecule has 3 aromatic carbocycles. The third-order valence-corrected chi connectivity index (χ3v) is 9.22. The van der Waals surface area contributed by atoms with Crippen LogP contribution in [-0.2, 0) is 35.0 Å². The van der Waals surface area contributed by atoms with Crippen LogP contribution in [0.1, 0.15) is 29.5 Å². The van der Waals surface area contributed by atoms with Crippen LogP contribution >= 0.6 is 0 Å². The van der Waals surface area contributed by atoms with E-state index in [9.17, 15) is 50.1 Å². The minimum absolute atomic E-state index is 0.159. The fourth-order valence-electron chi connectivity index (χ4n) is 6.62. The fraction of sp³-hybridized carbons (Fsp3) is 0.306. The molecular weight excluding hydrogens is 654 g/mol. The molecule has 2 fully saturated rings. The molecular formula is C36H37NO13. The maximum absolute atomic E-state index is 13.7. The van der Waals surface area contributed by atoms with E-state index in [0.717, 1.165) is 12.2 Å². The molecule has 0 bridgehead atoms. The number of carboxylic acid groups (broad SMARTS) is 1. The predicted octanol–water partition coefficient (Wildman–Crippen LogP) is 2.20. The molecule has 8 N–H and O–H groups in total. The first-order valence-electron chi connectivity index (χ1n) is 15.6. The van der Waals surface area contributed by atoms with E-state index in [-0.39, 0.29) is 36.3 Å². The Morgan fingerprint density at radius 1 is 0.860 bits per heavy atom. The minimum Gasteiger partial charge on any atom is -0.504 e. The number of hydrogen-bond donors (Lipinski definition) is 8. The van der Waals surface area contributed by atoms with E-state index < -0.39 is 76.6 Å². The number of carbonyl (C=O) groups is 3. The van der Waals surface area contributed by atoms with Gasteiger partial charge in [0.1, 0.15) is 6.10 Å². The van der Waals surface area contributed by atoms with E-state index >= 15 is 0 Å². The predicted molar refractivity (Wildman–Crippen MR) is 176 cm³/mol. The lowest BCUT2D eigenvalue weighted by atomic mass is 9.58. The second kappa shape index (κ2) is 14.2. The molecule has 14 heteroatoms. The van der Waals surface area contributed by atoms with Gasteiger partial charge in [-0.05, 0) is 66.6 Å². The monoisotopic (exact) mass is 691 g/mol. The maximum Gasteiger partial charge on any atom is 0.336 e. The Labute approximate surface area is 286 Å². The van der Waals surface area contributed by atoms with Crippen LogP contribution in [0.5, 0.6) is 23.0 Å². The number of nitrogens with one attached hydrogen (secondary N) is 1. The molecule has 1 heterocycles. The Balaban J connectivity index is 1.64. The van der Waals surface area contributed by atoms with E-state index in [2.05, 4.69) is 5.32 Å². The third kappa shape index (κ3) is 6.87. The molecule has 1 aliphatic carbocycles. The van der Waals surface area contributed by atoms with E-state index in [4.69, 9.17) is 14.2 Å². The maximum atomic E-state index is 13.7. The van der Waals surface area contributed by atoms with Crippen LogP contribution in [0.3, 0.4) is 0 Å². The van der Waals surface area contributed by atoms with E-state index in [1.54, 1.807) is 30.3 Å². The van der Waals surface area contributed by atoms with Gasteiger partial charge in [-0.25, -0.2) is 14.4 Å². The number of phenols is 4. The van der Waals surface area contributed by atoms with Crippen molar-refractivity contribution in [1.29, 1.82) is 0 Å². The van der Waals surface area contributed by atoms with Crippen LogP contribution in [0.25, 0.3) is 12.2 Å². The highest BCUT2D eigenvalue weighted by molar-refractivity contribution is 5.89. The Kier molecular flexibility index (Phi) is 10.2. The Bertz CT molecular complexity index is 1810. The van der Waals surface area contributed by atoms with Gasteiger partial charge in [-0.15, -0.1) is 0 Å². The molecule has 0 spiro atoms. The molecule has 0 unspecified atom stereocenters. The van der Waals surface area contributed by atoms with Crippen LogP contribution in [0.4, 0.5) is 0 Å². The second-order valence-corrected chi connectivity index (χ2v) is 12.2. The van der Waals surface area contributed by atoms with Crippen molar-refractivity contribution in [3.63, 3.8) is 0 Å². The summed E-state index contributed by atoms with van der Waals surface area (Å²) in [7, 11) is 1.37. The van der Waals surface area contributed by atoms with Gasteiger partial charge in [0.2, 0.25) is 5.60 Å². The van der Waals surface area contributed by atoms with Crippen molar-refractivity contribution in [3.05, 3.63) is 95.6 Å². The number of aliphatic hydroxyl groups is 2. The quantitative estimate of drug-likeness (QED) is 0.0660. The first-order valence-corrected chi connectivity index (χ1v) is 15.6. The van der Waals surface area contributed by atoms with Crippen molar-refractivity contribution in [2.75, 3.05) is 13.7 Å². The number of aromatic hydroxyl groups is 4. The normalized spacial score (nSPS) is 27.9. The summed E-state index contributed by atoms with van der Waals surface area (Å²) in [6, 6.07) is 16.0. The number of rotatable bonds is 10. The summed E-state index contributed by atoms with van der Waals surface area (Å²) in [4.78, 5) is 40.1. The van der Waals surface area contributed by atoms with Crippen LogP contribution in [0.15, 0.2) is 78.9 Å². The molecule has 6 atom stereocenters. The lowest BCUT2D eigenvalue weighted by Gasteiger charge is -2.61.